The van der Waals surface area contributed by atoms with Crippen molar-refractivity contribution in [2.45, 2.75) is 46.7 Å². The lowest BCUT2D eigenvalue weighted by Crippen LogP contribution is -2.50. The lowest BCUT2D eigenvalue weighted by molar-refractivity contribution is -0.132. The van der Waals surface area contributed by atoms with Crippen molar-refractivity contribution in [3.05, 3.63) is 46.3 Å². The number of azide groups is 1. The number of nitrogens with zero attached hydrogens (tertiary/aromatic N) is 4. The molecule has 1 aliphatic heterocycles. The molecule has 1 heterocycles. The van der Waals surface area contributed by atoms with Crippen LogP contribution >= 0.6 is 0 Å². The molecule has 0 unspecified atom stereocenters. The van der Waals surface area contributed by atoms with Crippen LogP contribution in [-0.4, -0.2) is 35.6 Å². The molecule has 1 aromatic carbocycles. The number of carbonyl (C=O) groups is 2. The number of allylic oxidation sites excluding steroid dienone is 1. The highest BCUT2D eigenvalue weighted by molar-refractivity contribution is 5.98. The molecule has 0 bridgehead atoms. The van der Waals surface area contributed by atoms with Gasteiger partial charge in [-0.3, -0.25) is 4.79 Å². The second kappa shape index (κ2) is 8.35. The Balaban J connectivity index is 2.52. The summed E-state index contributed by atoms with van der Waals surface area (Å²) in [7, 11) is 0. The number of carbonyl (C=O) groups excluding carboxylic acids is 2. The maximum absolute atomic E-state index is 13.3. The standard InChI is InChI=1S/C20H27N5O3/c1-6-14(13-9-7-8-10-15(13)21)20(4,5)17(23-24-22)18(26)25-16(12(2)3)11-28-19(25)27/h6-10,12,16-17H,11,21H2,1-5H3/b14-6+/t16-,17-/m1/s1. The summed E-state index contributed by atoms with van der Waals surface area (Å²) in [4.78, 5) is 29.6. The fourth-order valence-electron chi connectivity index (χ4n) is 3.63. The zero-order valence-electron chi connectivity index (χ0n) is 16.9. The molecule has 1 aliphatic rings. The zero-order valence-corrected chi connectivity index (χ0v) is 16.9. The van der Waals surface area contributed by atoms with Crippen LogP contribution in [0.5, 0.6) is 0 Å². The van der Waals surface area contributed by atoms with Crippen LogP contribution in [0.1, 0.15) is 40.2 Å². The van der Waals surface area contributed by atoms with Gasteiger partial charge in [-0.05, 0) is 30.0 Å². The number of benzene rings is 1. The van der Waals surface area contributed by atoms with Crippen molar-refractivity contribution in [3.63, 3.8) is 0 Å². The van der Waals surface area contributed by atoms with Gasteiger partial charge in [0.2, 0.25) is 5.91 Å². The Kier molecular flexibility index (Phi) is 6.36. The lowest BCUT2D eigenvalue weighted by atomic mass is 9.73. The van der Waals surface area contributed by atoms with Gasteiger partial charge >= 0.3 is 6.09 Å². The molecule has 28 heavy (non-hydrogen) atoms. The van der Waals surface area contributed by atoms with E-state index < -0.39 is 29.5 Å². The molecular formula is C20H27N5O3. The van der Waals surface area contributed by atoms with E-state index in [2.05, 4.69) is 10.0 Å². The highest BCUT2D eigenvalue weighted by atomic mass is 16.6. The van der Waals surface area contributed by atoms with Gasteiger partial charge in [0.15, 0.2) is 0 Å². The largest absolute Gasteiger partial charge is 0.447 e. The summed E-state index contributed by atoms with van der Waals surface area (Å²) in [5.74, 6) is -0.561. The first-order valence-electron chi connectivity index (χ1n) is 9.22. The van der Waals surface area contributed by atoms with Gasteiger partial charge in [-0.15, -0.1) is 0 Å². The van der Waals surface area contributed by atoms with Crippen LogP contribution < -0.4 is 5.73 Å². The van der Waals surface area contributed by atoms with E-state index in [1.54, 1.807) is 19.9 Å². The number of ether oxygens (including phenoxy) is 1. The summed E-state index contributed by atoms with van der Waals surface area (Å²) < 4.78 is 5.09. The topological polar surface area (TPSA) is 121 Å². The smallest absolute Gasteiger partial charge is 0.416 e. The lowest BCUT2D eigenvalue weighted by Gasteiger charge is -2.36. The number of cyclic esters (lactones) is 1. The summed E-state index contributed by atoms with van der Waals surface area (Å²) in [6, 6.07) is 5.75. The minimum atomic E-state index is -1.14. The summed E-state index contributed by atoms with van der Waals surface area (Å²) in [6.45, 7) is 9.39. The normalized spacial score (nSPS) is 18.6. The first kappa shape index (κ1) is 21.3. The number of rotatable bonds is 6. The minimum absolute atomic E-state index is 0.0104. The number of hydrogen-bond donors (Lipinski definition) is 1. The highest BCUT2D eigenvalue weighted by Crippen LogP contribution is 2.42. The molecule has 1 fully saturated rings. The molecule has 8 nitrogen and oxygen atoms in total. The maximum Gasteiger partial charge on any atom is 0.416 e. The van der Waals surface area contributed by atoms with Gasteiger partial charge in [0, 0.05) is 21.6 Å². The van der Waals surface area contributed by atoms with Gasteiger partial charge in [0.05, 0.1) is 6.04 Å². The summed E-state index contributed by atoms with van der Waals surface area (Å²) >= 11 is 0. The van der Waals surface area contributed by atoms with Gasteiger partial charge in [0.25, 0.3) is 0 Å². The highest BCUT2D eigenvalue weighted by Gasteiger charge is 2.47. The predicted molar refractivity (Wildman–Crippen MR) is 108 cm³/mol. The van der Waals surface area contributed by atoms with Crippen LogP contribution in [0.2, 0.25) is 0 Å². The molecule has 2 amide bonds. The molecule has 8 heteroatoms. The Morgan fingerprint density at radius 2 is 2.07 bits per heavy atom. The van der Waals surface area contributed by atoms with Gasteiger partial charge in [-0.25, -0.2) is 9.69 Å². The predicted octanol–water partition coefficient (Wildman–Crippen LogP) is 4.38. The van der Waals surface area contributed by atoms with Crippen molar-refractivity contribution < 1.29 is 14.3 Å². The average molecular weight is 385 g/mol. The van der Waals surface area contributed by atoms with Gasteiger partial charge < -0.3 is 10.5 Å². The number of imide groups is 1. The third-order valence-corrected chi connectivity index (χ3v) is 5.23. The van der Waals surface area contributed by atoms with Crippen molar-refractivity contribution in [2.75, 3.05) is 12.3 Å². The summed E-state index contributed by atoms with van der Waals surface area (Å²) in [5, 5.41) is 3.79. The zero-order chi connectivity index (χ0) is 21.1. The van der Waals surface area contributed by atoms with Crippen molar-refractivity contribution in [3.8, 4) is 0 Å². The van der Waals surface area contributed by atoms with Crippen molar-refractivity contribution in [1.29, 1.82) is 0 Å². The number of nitrogens with two attached hydrogens (primary N) is 1. The number of para-hydroxylation sites is 1. The first-order chi connectivity index (χ1) is 13.2. The van der Waals surface area contributed by atoms with E-state index in [9.17, 15) is 9.59 Å². The van der Waals surface area contributed by atoms with Crippen molar-refractivity contribution in [1.82, 2.24) is 4.90 Å². The SMILES string of the molecule is C/C=C(\c1ccccc1N)C(C)(C)[C@H](N=[N+]=[N-])C(=O)N1C(=O)OC[C@@H]1C(C)C. The third kappa shape index (κ3) is 3.82. The van der Waals surface area contributed by atoms with Crippen molar-refractivity contribution >= 4 is 23.3 Å². The first-order valence-corrected chi connectivity index (χ1v) is 9.22. The Morgan fingerprint density at radius 1 is 1.43 bits per heavy atom. The molecule has 0 saturated carbocycles. The second-order valence-corrected chi connectivity index (χ2v) is 7.72. The number of anilines is 1. The molecule has 0 aliphatic carbocycles. The van der Waals surface area contributed by atoms with Crippen LogP contribution in [0.4, 0.5) is 10.5 Å². The summed E-state index contributed by atoms with van der Waals surface area (Å²) in [6.07, 6.45) is 1.14. The van der Waals surface area contributed by atoms with Crippen molar-refractivity contribution in [2.24, 2.45) is 16.4 Å². The quantitative estimate of drug-likeness (QED) is 0.338. The van der Waals surface area contributed by atoms with E-state index in [1.165, 1.54) is 0 Å². The monoisotopic (exact) mass is 385 g/mol. The molecule has 1 saturated heterocycles. The molecule has 0 aromatic heterocycles. The molecule has 2 rings (SSSR count). The van der Waals surface area contributed by atoms with Crippen LogP contribution in [0.15, 0.2) is 35.5 Å². The maximum atomic E-state index is 13.3. The van der Waals surface area contributed by atoms with E-state index in [1.807, 2.05) is 45.0 Å². The molecule has 150 valence electrons. The van der Waals surface area contributed by atoms with Crippen LogP contribution in [-0.2, 0) is 9.53 Å². The van der Waals surface area contributed by atoms with E-state index >= 15 is 0 Å². The van der Waals surface area contributed by atoms with Crippen LogP contribution in [0.25, 0.3) is 16.0 Å². The Hall–Kier alpha value is -2.99. The molecule has 0 radical (unpaired) electrons. The van der Waals surface area contributed by atoms with Crippen LogP contribution in [0, 0.1) is 11.3 Å². The Bertz CT molecular complexity index is 840. The fourth-order valence-corrected chi connectivity index (χ4v) is 3.63. The number of amides is 2. The number of nitrogen functional groups attached to an aromatic ring is 1. The van der Waals surface area contributed by atoms with E-state index in [0.29, 0.717) is 5.69 Å². The molecule has 2 atom stereocenters. The minimum Gasteiger partial charge on any atom is -0.447 e. The molecule has 2 N–H and O–H groups in total. The van der Waals surface area contributed by atoms with Crippen LogP contribution in [0.3, 0.4) is 0 Å². The van der Waals surface area contributed by atoms with Gasteiger partial charge in [0.1, 0.15) is 12.6 Å². The third-order valence-electron chi connectivity index (χ3n) is 5.23. The number of hydrogen-bond acceptors (Lipinski definition) is 5. The molecule has 0 spiro atoms. The second-order valence-electron chi connectivity index (χ2n) is 7.72. The molecular weight excluding hydrogens is 358 g/mol. The van der Waals surface area contributed by atoms with E-state index in [-0.39, 0.29) is 12.5 Å². The van der Waals surface area contributed by atoms with E-state index in [0.717, 1.165) is 16.0 Å². The fraction of sp³-hybridized carbons (Fsp3) is 0.500. The Morgan fingerprint density at radius 3 is 2.61 bits per heavy atom. The van der Waals surface area contributed by atoms with Gasteiger partial charge in [-0.2, -0.15) is 0 Å². The Labute approximate surface area is 165 Å². The molecule has 1 aromatic rings. The van der Waals surface area contributed by atoms with E-state index in [4.69, 9.17) is 16.0 Å². The van der Waals surface area contributed by atoms with Gasteiger partial charge in [-0.1, -0.05) is 57.1 Å². The summed E-state index contributed by atoms with van der Waals surface area (Å²) in [5.41, 5.74) is 16.4. The average Bonchev–Trinajstić information content (AvgIpc) is 3.03.